The minimum Gasteiger partial charge on any atom is -0.483 e. The highest BCUT2D eigenvalue weighted by atomic mass is 79.9. The van der Waals surface area contributed by atoms with Gasteiger partial charge in [-0.05, 0) is 57.4 Å². The van der Waals surface area contributed by atoms with E-state index in [0.717, 1.165) is 11.1 Å². The Kier molecular flexibility index (Phi) is 9.18. The summed E-state index contributed by atoms with van der Waals surface area (Å²) in [5.74, 6) is -0.113. The van der Waals surface area contributed by atoms with Crippen LogP contribution >= 0.6 is 39.1 Å². The number of nitrogens with zero attached hydrogens (tertiary/aromatic N) is 1. The molecule has 2 amide bonds. The maximum Gasteiger partial charge on any atom is 0.261 e. The van der Waals surface area contributed by atoms with Crippen molar-refractivity contribution in [3.8, 4) is 5.75 Å². The normalized spacial score (nSPS) is 11.5. The van der Waals surface area contributed by atoms with Crippen molar-refractivity contribution in [3.63, 3.8) is 0 Å². The molecule has 172 valence electrons. The first kappa shape index (κ1) is 25.1. The lowest BCUT2D eigenvalue weighted by Gasteiger charge is -2.31. The number of hydrogen-bond donors (Lipinski definition) is 1. The summed E-state index contributed by atoms with van der Waals surface area (Å²) in [4.78, 5) is 27.8. The summed E-state index contributed by atoms with van der Waals surface area (Å²) in [7, 11) is 1.56. The van der Waals surface area contributed by atoms with E-state index in [1.807, 2.05) is 42.5 Å². The number of ether oxygens (including phenoxy) is 1. The minimum atomic E-state index is -0.735. The highest BCUT2D eigenvalue weighted by molar-refractivity contribution is 9.10. The largest absolute Gasteiger partial charge is 0.483 e. The van der Waals surface area contributed by atoms with Crippen molar-refractivity contribution in [1.29, 1.82) is 0 Å². The highest BCUT2D eigenvalue weighted by Gasteiger charge is 2.30. The predicted octanol–water partition coefficient (Wildman–Crippen LogP) is 5.52. The Balaban J connectivity index is 1.88. The molecule has 3 aromatic carbocycles. The molecule has 3 rings (SSSR count). The Hall–Kier alpha value is -2.54. The van der Waals surface area contributed by atoms with E-state index in [0.29, 0.717) is 26.7 Å². The summed E-state index contributed by atoms with van der Waals surface area (Å²) in [6, 6.07) is 21.1. The molecular weight excluding hydrogens is 527 g/mol. The van der Waals surface area contributed by atoms with E-state index in [4.69, 9.17) is 27.9 Å². The van der Waals surface area contributed by atoms with Gasteiger partial charge in [-0.2, -0.15) is 0 Å². The van der Waals surface area contributed by atoms with Crippen molar-refractivity contribution < 1.29 is 14.3 Å². The second kappa shape index (κ2) is 12.1. The Morgan fingerprint density at radius 3 is 2.33 bits per heavy atom. The van der Waals surface area contributed by atoms with E-state index in [1.54, 1.807) is 37.4 Å². The lowest BCUT2D eigenvalue weighted by Crippen LogP contribution is -2.51. The Morgan fingerprint density at radius 1 is 0.970 bits per heavy atom. The van der Waals surface area contributed by atoms with Crippen molar-refractivity contribution in [3.05, 3.63) is 98.4 Å². The van der Waals surface area contributed by atoms with E-state index < -0.39 is 6.04 Å². The van der Waals surface area contributed by atoms with Gasteiger partial charge < -0.3 is 15.0 Å². The van der Waals surface area contributed by atoms with E-state index in [1.165, 1.54) is 4.90 Å². The molecule has 0 aliphatic carbocycles. The number of rotatable bonds is 9. The van der Waals surface area contributed by atoms with Crippen LogP contribution < -0.4 is 10.1 Å². The third-order valence-electron chi connectivity index (χ3n) is 5.00. The molecule has 3 aromatic rings. The van der Waals surface area contributed by atoms with Gasteiger partial charge in [0.05, 0.1) is 4.47 Å². The van der Waals surface area contributed by atoms with Crippen LogP contribution in [0.3, 0.4) is 0 Å². The quantitative estimate of drug-likeness (QED) is 0.382. The van der Waals surface area contributed by atoms with Crippen LogP contribution in [0.15, 0.2) is 77.3 Å². The molecule has 0 aliphatic rings. The number of amides is 2. The average molecular weight is 550 g/mol. The standard InChI is InChI=1S/C25H23BrCl2N2O3/c1-29-25(32)22(13-17-6-3-2-4-7-17)30(15-18-8-5-9-19(27)12-18)24(31)16-33-23-11-10-20(28)14-21(23)26/h2-12,14,22H,13,15-16H2,1H3,(H,29,32). The molecule has 1 atom stereocenters. The van der Waals surface area contributed by atoms with Gasteiger partial charge in [-0.1, -0.05) is 65.7 Å². The van der Waals surface area contributed by atoms with Gasteiger partial charge in [0, 0.05) is 30.1 Å². The van der Waals surface area contributed by atoms with E-state index >= 15 is 0 Å². The minimum absolute atomic E-state index is 0.204. The van der Waals surface area contributed by atoms with Crippen molar-refractivity contribution >= 4 is 50.9 Å². The van der Waals surface area contributed by atoms with Crippen LogP contribution in [-0.4, -0.2) is 36.4 Å². The van der Waals surface area contributed by atoms with Crippen LogP contribution in [0.1, 0.15) is 11.1 Å². The maximum absolute atomic E-state index is 13.4. The maximum atomic E-state index is 13.4. The van der Waals surface area contributed by atoms with Gasteiger partial charge in [0.25, 0.3) is 5.91 Å². The molecule has 0 saturated heterocycles. The molecule has 0 aliphatic heterocycles. The molecule has 5 nitrogen and oxygen atoms in total. The fraction of sp³-hybridized carbons (Fsp3) is 0.200. The number of carbonyl (C=O) groups excluding carboxylic acids is 2. The molecule has 0 aromatic heterocycles. The van der Waals surface area contributed by atoms with Gasteiger partial charge in [-0.15, -0.1) is 0 Å². The summed E-state index contributed by atoms with van der Waals surface area (Å²) < 4.78 is 6.39. The van der Waals surface area contributed by atoms with E-state index in [-0.39, 0.29) is 25.0 Å². The molecule has 1 N–H and O–H groups in total. The monoisotopic (exact) mass is 548 g/mol. The first-order valence-corrected chi connectivity index (χ1v) is 11.8. The topological polar surface area (TPSA) is 58.6 Å². The molecule has 0 fully saturated rings. The van der Waals surface area contributed by atoms with Crippen LogP contribution in [0.4, 0.5) is 0 Å². The summed E-state index contributed by atoms with van der Waals surface area (Å²) >= 11 is 15.5. The third kappa shape index (κ3) is 7.22. The lowest BCUT2D eigenvalue weighted by molar-refractivity contribution is -0.142. The zero-order valence-corrected chi connectivity index (χ0v) is 21.0. The molecule has 8 heteroatoms. The van der Waals surface area contributed by atoms with Gasteiger partial charge in [0.1, 0.15) is 11.8 Å². The second-order valence-electron chi connectivity index (χ2n) is 7.33. The van der Waals surface area contributed by atoms with Gasteiger partial charge in [0.15, 0.2) is 6.61 Å². The summed E-state index contributed by atoms with van der Waals surface area (Å²) in [6.45, 7) is -0.0431. The smallest absolute Gasteiger partial charge is 0.261 e. The van der Waals surface area contributed by atoms with Crippen LogP contribution in [-0.2, 0) is 22.6 Å². The van der Waals surface area contributed by atoms with E-state index in [2.05, 4.69) is 21.2 Å². The molecular formula is C25H23BrCl2N2O3. The lowest BCUT2D eigenvalue weighted by atomic mass is 10.0. The molecule has 1 unspecified atom stereocenters. The van der Waals surface area contributed by atoms with Crippen LogP contribution in [0.2, 0.25) is 10.0 Å². The number of likely N-dealkylation sites (N-methyl/N-ethyl adjacent to an activating group) is 1. The Labute approximate surface area is 211 Å². The van der Waals surface area contributed by atoms with Crippen molar-refractivity contribution in [1.82, 2.24) is 10.2 Å². The van der Waals surface area contributed by atoms with Crippen LogP contribution in [0, 0.1) is 0 Å². The fourth-order valence-corrected chi connectivity index (χ4v) is 4.38. The zero-order chi connectivity index (χ0) is 23.8. The molecule has 0 bridgehead atoms. The number of hydrogen-bond acceptors (Lipinski definition) is 3. The fourth-order valence-electron chi connectivity index (χ4n) is 3.37. The number of nitrogens with one attached hydrogen (secondary N) is 1. The molecule has 0 saturated carbocycles. The Morgan fingerprint density at radius 2 is 1.67 bits per heavy atom. The molecule has 33 heavy (non-hydrogen) atoms. The third-order valence-corrected chi connectivity index (χ3v) is 6.09. The summed E-state index contributed by atoms with van der Waals surface area (Å²) in [6.07, 6.45) is 0.359. The number of carbonyl (C=O) groups is 2. The average Bonchev–Trinajstić information content (AvgIpc) is 2.81. The van der Waals surface area contributed by atoms with Crippen LogP contribution in [0.25, 0.3) is 0 Å². The van der Waals surface area contributed by atoms with Crippen molar-refractivity contribution in [2.24, 2.45) is 0 Å². The number of halogens is 3. The Bertz CT molecular complexity index is 1110. The summed E-state index contributed by atoms with van der Waals surface area (Å²) in [5, 5.41) is 3.79. The van der Waals surface area contributed by atoms with Crippen LogP contribution in [0.5, 0.6) is 5.75 Å². The molecule has 0 heterocycles. The molecule has 0 spiro atoms. The highest BCUT2D eigenvalue weighted by Crippen LogP contribution is 2.28. The predicted molar refractivity (Wildman–Crippen MR) is 135 cm³/mol. The first-order valence-electron chi connectivity index (χ1n) is 10.2. The first-order chi connectivity index (χ1) is 15.9. The second-order valence-corrected chi connectivity index (χ2v) is 9.06. The summed E-state index contributed by atoms with van der Waals surface area (Å²) in [5.41, 5.74) is 1.75. The van der Waals surface area contributed by atoms with Gasteiger partial charge >= 0.3 is 0 Å². The van der Waals surface area contributed by atoms with Gasteiger partial charge in [0.2, 0.25) is 5.91 Å². The van der Waals surface area contributed by atoms with Crippen molar-refractivity contribution in [2.75, 3.05) is 13.7 Å². The van der Waals surface area contributed by atoms with E-state index in [9.17, 15) is 9.59 Å². The number of benzene rings is 3. The van der Waals surface area contributed by atoms with Gasteiger partial charge in [-0.25, -0.2) is 0 Å². The van der Waals surface area contributed by atoms with Gasteiger partial charge in [-0.3, -0.25) is 9.59 Å². The SMILES string of the molecule is CNC(=O)C(Cc1ccccc1)N(Cc1cccc(Cl)c1)C(=O)COc1ccc(Cl)cc1Br. The van der Waals surface area contributed by atoms with Crippen molar-refractivity contribution in [2.45, 2.75) is 19.0 Å². The molecule has 0 radical (unpaired) electrons. The zero-order valence-electron chi connectivity index (χ0n) is 17.9.